The predicted molar refractivity (Wildman–Crippen MR) is 82.5 cm³/mol. The quantitative estimate of drug-likeness (QED) is 0.841. The van der Waals surface area contributed by atoms with Crippen molar-refractivity contribution in [2.75, 3.05) is 11.9 Å². The molecule has 1 aliphatic rings. The standard InChI is InChI=1S/C14H13BrN4O3/c15-9-4-6-10(7-5-9)16-13(20)8-21-17-11-2-1-3-12-14(11)19-22-18-12/h4-7H,1-3,8H2,(H,16,20). The largest absolute Gasteiger partial charge is 0.385 e. The maximum Gasteiger partial charge on any atom is 0.265 e. The number of hydrogen-bond donors (Lipinski definition) is 1. The van der Waals surface area contributed by atoms with E-state index in [1.807, 2.05) is 12.1 Å². The third-order valence-corrected chi connectivity index (χ3v) is 3.68. The number of aryl methyl sites for hydroxylation is 1. The minimum Gasteiger partial charge on any atom is -0.385 e. The molecular formula is C14H13BrN4O3. The van der Waals surface area contributed by atoms with Crippen LogP contribution in [0.1, 0.15) is 24.2 Å². The molecule has 1 N–H and O–H groups in total. The highest BCUT2D eigenvalue weighted by molar-refractivity contribution is 9.10. The Morgan fingerprint density at radius 2 is 2.14 bits per heavy atom. The van der Waals surface area contributed by atoms with Crippen molar-refractivity contribution in [2.24, 2.45) is 5.16 Å². The van der Waals surface area contributed by atoms with Gasteiger partial charge in [0.05, 0.1) is 0 Å². The molecule has 0 spiro atoms. The summed E-state index contributed by atoms with van der Waals surface area (Å²) in [4.78, 5) is 16.9. The van der Waals surface area contributed by atoms with E-state index in [0.717, 1.165) is 29.4 Å². The van der Waals surface area contributed by atoms with Crippen molar-refractivity contribution in [1.29, 1.82) is 0 Å². The maximum atomic E-state index is 11.8. The SMILES string of the molecule is O=C(CON=C1CCCc2nonc21)Nc1ccc(Br)cc1. The topological polar surface area (TPSA) is 89.6 Å². The molecule has 2 aromatic rings. The molecule has 0 radical (unpaired) electrons. The average molecular weight is 365 g/mol. The van der Waals surface area contributed by atoms with Crippen LogP contribution in [0.5, 0.6) is 0 Å². The molecule has 22 heavy (non-hydrogen) atoms. The number of nitrogens with one attached hydrogen (secondary N) is 1. The number of fused-ring (bicyclic) bond motifs is 1. The molecule has 0 aliphatic heterocycles. The molecule has 8 heteroatoms. The number of carbonyl (C=O) groups is 1. The van der Waals surface area contributed by atoms with Gasteiger partial charge in [0.2, 0.25) is 0 Å². The first-order chi connectivity index (χ1) is 10.7. The molecule has 7 nitrogen and oxygen atoms in total. The summed E-state index contributed by atoms with van der Waals surface area (Å²) in [6.07, 6.45) is 2.46. The Morgan fingerprint density at radius 3 is 2.95 bits per heavy atom. The number of hydrogen-bond acceptors (Lipinski definition) is 6. The van der Waals surface area contributed by atoms with E-state index in [9.17, 15) is 4.79 Å². The fraction of sp³-hybridized carbons (Fsp3) is 0.286. The van der Waals surface area contributed by atoms with Gasteiger partial charge in [-0.15, -0.1) is 0 Å². The van der Waals surface area contributed by atoms with Crippen LogP contribution in [0.15, 0.2) is 38.5 Å². The molecule has 1 heterocycles. The second kappa shape index (κ2) is 6.69. The van der Waals surface area contributed by atoms with E-state index in [0.29, 0.717) is 17.1 Å². The zero-order valence-corrected chi connectivity index (χ0v) is 13.2. The van der Waals surface area contributed by atoms with Gasteiger partial charge in [0.1, 0.15) is 11.4 Å². The van der Waals surface area contributed by atoms with E-state index in [4.69, 9.17) is 9.47 Å². The highest BCUT2D eigenvalue weighted by Gasteiger charge is 2.21. The van der Waals surface area contributed by atoms with Gasteiger partial charge < -0.3 is 10.2 Å². The number of aromatic nitrogens is 2. The summed E-state index contributed by atoms with van der Waals surface area (Å²) >= 11 is 3.33. The van der Waals surface area contributed by atoms with Crippen LogP contribution in [0, 0.1) is 0 Å². The number of anilines is 1. The van der Waals surface area contributed by atoms with Gasteiger partial charge in [-0.05, 0) is 48.7 Å². The van der Waals surface area contributed by atoms with Crippen LogP contribution in [0.4, 0.5) is 5.69 Å². The van der Waals surface area contributed by atoms with Crippen molar-refractivity contribution in [3.8, 4) is 0 Å². The number of amides is 1. The molecule has 114 valence electrons. The van der Waals surface area contributed by atoms with E-state index >= 15 is 0 Å². The number of oxime groups is 1. The molecule has 1 aromatic carbocycles. The normalized spacial score (nSPS) is 15.4. The van der Waals surface area contributed by atoms with Crippen LogP contribution < -0.4 is 5.32 Å². The van der Waals surface area contributed by atoms with Crippen LogP contribution in [0.3, 0.4) is 0 Å². The van der Waals surface area contributed by atoms with Crippen molar-refractivity contribution in [2.45, 2.75) is 19.3 Å². The van der Waals surface area contributed by atoms with Crippen LogP contribution in [0.25, 0.3) is 0 Å². The lowest BCUT2D eigenvalue weighted by atomic mass is 9.99. The van der Waals surface area contributed by atoms with Crippen molar-refractivity contribution in [3.63, 3.8) is 0 Å². The van der Waals surface area contributed by atoms with Crippen LogP contribution >= 0.6 is 15.9 Å². The van der Waals surface area contributed by atoms with Gasteiger partial charge in [0, 0.05) is 10.2 Å². The predicted octanol–water partition coefficient (Wildman–Crippen LogP) is 2.53. The molecule has 0 fully saturated rings. The summed E-state index contributed by atoms with van der Waals surface area (Å²) in [5.74, 6) is -0.277. The van der Waals surface area contributed by atoms with Crippen molar-refractivity contribution >= 4 is 33.2 Å². The van der Waals surface area contributed by atoms with Gasteiger partial charge in [-0.2, -0.15) is 0 Å². The molecule has 1 aliphatic carbocycles. The number of nitrogens with zero attached hydrogens (tertiary/aromatic N) is 3. The maximum absolute atomic E-state index is 11.8. The van der Waals surface area contributed by atoms with Crippen LogP contribution in [-0.2, 0) is 16.1 Å². The Kier molecular flexibility index (Phi) is 4.47. The van der Waals surface area contributed by atoms with Gasteiger partial charge in [-0.1, -0.05) is 26.2 Å². The van der Waals surface area contributed by atoms with E-state index in [1.54, 1.807) is 12.1 Å². The zero-order valence-electron chi connectivity index (χ0n) is 11.6. The Morgan fingerprint density at radius 1 is 1.32 bits per heavy atom. The number of carbonyl (C=O) groups excluding carboxylic acids is 1. The van der Waals surface area contributed by atoms with Gasteiger partial charge in [0.25, 0.3) is 5.91 Å². The molecule has 0 saturated heterocycles. The number of halogens is 1. The third kappa shape index (κ3) is 3.51. The Labute approximate surface area is 134 Å². The van der Waals surface area contributed by atoms with Crippen molar-refractivity contribution < 1.29 is 14.3 Å². The highest BCUT2D eigenvalue weighted by atomic mass is 79.9. The summed E-state index contributed by atoms with van der Waals surface area (Å²) < 4.78 is 5.64. The summed E-state index contributed by atoms with van der Waals surface area (Å²) in [6.45, 7) is -0.166. The molecule has 0 bridgehead atoms. The lowest BCUT2D eigenvalue weighted by Gasteiger charge is -2.09. The molecule has 1 aromatic heterocycles. The van der Waals surface area contributed by atoms with Gasteiger partial charge in [-0.25, -0.2) is 4.63 Å². The first-order valence-corrected chi connectivity index (χ1v) is 7.58. The van der Waals surface area contributed by atoms with Gasteiger partial charge in [-0.3, -0.25) is 4.79 Å². The first-order valence-electron chi connectivity index (χ1n) is 6.78. The highest BCUT2D eigenvalue weighted by Crippen LogP contribution is 2.18. The van der Waals surface area contributed by atoms with E-state index < -0.39 is 0 Å². The fourth-order valence-electron chi connectivity index (χ4n) is 2.12. The van der Waals surface area contributed by atoms with Crippen molar-refractivity contribution in [3.05, 3.63) is 40.1 Å². The molecule has 0 unspecified atom stereocenters. The van der Waals surface area contributed by atoms with Crippen molar-refractivity contribution in [1.82, 2.24) is 10.3 Å². The lowest BCUT2D eigenvalue weighted by molar-refractivity contribution is -0.120. The van der Waals surface area contributed by atoms with Crippen LogP contribution in [-0.4, -0.2) is 28.5 Å². The molecule has 1 amide bonds. The Balaban J connectivity index is 1.54. The van der Waals surface area contributed by atoms with Gasteiger partial charge >= 0.3 is 0 Å². The summed E-state index contributed by atoms with van der Waals surface area (Å²) in [5, 5.41) is 14.3. The lowest BCUT2D eigenvalue weighted by Crippen LogP contribution is -2.18. The van der Waals surface area contributed by atoms with E-state index in [2.05, 4.69) is 36.7 Å². The molecule has 0 saturated carbocycles. The monoisotopic (exact) mass is 364 g/mol. The van der Waals surface area contributed by atoms with E-state index in [-0.39, 0.29) is 12.5 Å². The smallest absolute Gasteiger partial charge is 0.265 e. The number of benzene rings is 1. The summed E-state index contributed by atoms with van der Waals surface area (Å²) in [6, 6.07) is 7.28. The Bertz CT molecular complexity index is 696. The molecule has 0 atom stereocenters. The third-order valence-electron chi connectivity index (χ3n) is 3.16. The second-order valence-electron chi connectivity index (χ2n) is 4.78. The summed E-state index contributed by atoms with van der Waals surface area (Å²) in [7, 11) is 0. The average Bonchev–Trinajstić information content (AvgIpc) is 2.99. The summed E-state index contributed by atoms with van der Waals surface area (Å²) in [5.41, 5.74) is 2.77. The van der Waals surface area contributed by atoms with Gasteiger partial charge in [0.15, 0.2) is 12.3 Å². The Hall–Kier alpha value is -2.22. The molecule has 3 rings (SSSR count). The fourth-order valence-corrected chi connectivity index (χ4v) is 2.38. The number of rotatable bonds is 4. The second-order valence-corrected chi connectivity index (χ2v) is 5.70. The van der Waals surface area contributed by atoms with Crippen LogP contribution in [0.2, 0.25) is 0 Å². The minimum absolute atomic E-state index is 0.166. The minimum atomic E-state index is -0.277. The zero-order chi connectivity index (χ0) is 15.4. The molecular weight excluding hydrogens is 352 g/mol. The first kappa shape index (κ1) is 14.7. The van der Waals surface area contributed by atoms with E-state index in [1.165, 1.54) is 0 Å².